The predicted molar refractivity (Wildman–Crippen MR) is 110 cm³/mol. The van der Waals surface area contributed by atoms with E-state index in [-0.39, 0.29) is 5.82 Å². The summed E-state index contributed by atoms with van der Waals surface area (Å²) < 4.78 is 14.7. The quantitative estimate of drug-likeness (QED) is 0.560. The minimum Gasteiger partial charge on any atom is -0.354 e. The first-order valence-electron chi connectivity index (χ1n) is 9.17. The first-order valence-corrected chi connectivity index (χ1v) is 9.96. The van der Waals surface area contributed by atoms with Crippen LogP contribution in [0.1, 0.15) is 24.1 Å². The van der Waals surface area contributed by atoms with Gasteiger partial charge in [-0.05, 0) is 37.1 Å². The molecule has 0 atom stereocenters. The minimum atomic E-state index is -0.227. The average molecular weight is 434 g/mol. The summed E-state index contributed by atoms with van der Waals surface area (Å²) in [4.78, 5) is 11.1. The number of piperidine rings is 1. The van der Waals surface area contributed by atoms with Crippen molar-refractivity contribution in [2.24, 2.45) is 4.99 Å². The van der Waals surface area contributed by atoms with Gasteiger partial charge < -0.3 is 10.6 Å². The molecule has 5 nitrogen and oxygen atoms in total. The van der Waals surface area contributed by atoms with Gasteiger partial charge in [0, 0.05) is 55.5 Å². The summed E-state index contributed by atoms with van der Waals surface area (Å²) in [6, 6.07) is 11.5. The summed E-state index contributed by atoms with van der Waals surface area (Å²) in [5, 5.41) is 6.66. The van der Waals surface area contributed by atoms with Crippen LogP contribution in [0.25, 0.3) is 0 Å². The molecule has 3 rings (SSSR count). The van der Waals surface area contributed by atoms with E-state index in [1.54, 1.807) is 13.1 Å². The summed E-state index contributed by atoms with van der Waals surface area (Å²) in [7, 11) is 1.74. The van der Waals surface area contributed by atoms with E-state index in [2.05, 4.69) is 47.5 Å². The topological polar surface area (TPSA) is 52.6 Å². The van der Waals surface area contributed by atoms with E-state index in [9.17, 15) is 4.39 Å². The molecule has 2 aromatic rings. The van der Waals surface area contributed by atoms with Crippen molar-refractivity contribution in [2.75, 3.05) is 20.1 Å². The van der Waals surface area contributed by atoms with E-state index < -0.39 is 0 Å². The Balaban J connectivity index is 1.44. The Morgan fingerprint density at radius 1 is 1.30 bits per heavy atom. The van der Waals surface area contributed by atoms with Crippen LogP contribution in [0.4, 0.5) is 4.39 Å². The highest BCUT2D eigenvalue weighted by Crippen LogP contribution is 2.15. The predicted octanol–water partition coefficient (Wildman–Crippen LogP) is 3.31. The molecule has 0 bridgehead atoms. The van der Waals surface area contributed by atoms with Crippen molar-refractivity contribution >= 4 is 21.9 Å². The van der Waals surface area contributed by atoms with Gasteiger partial charge in [0.05, 0.1) is 5.69 Å². The maximum Gasteiger partial charge on any atom is 0.191 e. The van der Waals surface area contributed by atoms with Crippen molar-refractivity contribution in [2.45, 2.75) is 32.0 Å². The fourth-order valence-corrected chi connectivity index (χ4v) is 3.52. The largest absolute Gasteiger partial charge is 0.354 e. The van der Waals surface area contributed by atoms with Crippen molar-refractivity contribution in [1.29, 1.82) is 0 Å². The zero-order chi connectivity index (χ0) is 19.1. The van der Waals surface area contributed by atoms with Crippen molar-refractivity contribution in [3.63, 3.8) is 0 Å². The number of rotatable bonds is 5. The molecular formula is C20H25BrFN5. The summed E-state index contributed by atoms with van der Waals surface area (Å²) in [5.41, 5.74) is 1.73. The van der Waals surface area contributed by atoms with E-state index in [0.717, 1.165) is 42.6 Å². The molecule has 7 heteroatoms. The molecule has 1 saturated heterocycles. The number of nitrogens with zero attached hydrogens (tertiary/aromatic N) is 3. The number of hydrogen-bond donors (Lipinski definition) is 2. The fraction of sp³-hybridized carbons (Fsp3) is 0.400. The van der Waals surface area contributed by atoms with Gasteiger partial charge in [-0.2, -0.15) is 0 Å². The molecule has 1 fully saturated rings. The molecule has 0 amide bonds. The van der Waals surface area contributed by atoms with E-state index >= 15 is 0 Å². The van der Waals surface area contributed by atoms with Gasteiger partial charge in [-0.15, -0.1) is 0 Å². The standard InChI is InChI=1S/C20H25BrFN5/c1-23-20(25-13-15-5-6-16(21)12-19(15)22)26-17-7-10-27(11-8-17)14-18-4-2-3-9-24-18/h2-6,9,12,17H,7-8,10-11,13-14H2,1H3,(H2,23,25,26). The molecule has 0 unspecified atom stereocenters. The van der Waals surface area contributed by atoms with Gasteiger partial charge in [0.15, 0.2) is 5.96 Å². The molecule has 0 saturated carbocycles. The molecule has 1 aromatic carbocycles. The lowest BCUT2D eigenvalue weighted by Gasteiger charge is -2.32. The maximum absolute atomic E-state index is 13.9. The number of aliphatic imine (C=N–C) groups is 1. The van der Waals surface area contributed by atoms with E-state index in [1.807, 2.05) is 24.4 Å². The molecule has 2 heterocycles. The second-order valence-corrected chi connectivity index (χ2v) is 7.59. The Hall–Kier alpha value is -1.99. The van der Waals surface area contributed by atoms with Gasteiger partial charge in [-0.25, -0.2) is 4.39 Å². The van der Waals surface area contributed by atoms with Crippen LogP contribution >= 0.6 is 15.9 Å². The number of likely N-dealkylation sites (tertiary alicyclic amines) is 1. The maximum atomic E-state index is 13.9. The lowest BCUT2D eigenvalue weighted by atomic mass is 10.0. The van der Waals surface area contributed by atoms with Gasteiger partial charge in [0.1, 0.15) is 5.82 Å². The van der Waals surface area contributed by atoms with Crippen molar-refractivity contribution in [1.82, 2.24) is 20.5 Å². The summed E-state index contributed by atoms with van der Waals surface area (Å²) in [5.74, 6) is 0.482. The third kappa shape index (κ3) is 6.01. The monoisotopic (exact) mass is 433 g/mol. The van der Waals surface area contributed by atoms with Gasteiger partial charge in [0.2, 0.25) is 0 Å². The Morgan fingerprint density at radius 2 is 2.11 bits per heavy atom. The van der Waals surface area contributed by atoms with Crippen LogP contribution in [0.3, 0.4) is 0 Å². The highest BCUT2D eigenvalue weighted by atomic mass is 79.9. The smallest absolute Gasteiger partial charge is 0.191 e. The number of pyridine rings is 1. The highest BCUT2D eigenvalue weighted by Gasteiger charge is 2.20. The number of guanidine groups is 1. The van der Waals surface area contributed by atoms with Crippen LogP contribution in [0.5, 0.6) is 0 Å². The summed E-state index contributed by atoms with van der Waals surface area (Å²) in [6.07, 6.45) is 3.92. The summed E-state index contributed by atoms with van der Waals surface area (Å²) in [6.45, 7) is 3.33. The van der Waals surface area contributed by atoms with Gasteiger partial charge in [-0.3, -0.25) is 14.9 Å². The third-order valence-corrected chi connectivity index (χ3v) is 5.22. The Labute approximate surface area is 168 Å². The first-order chi connectivity index (χ1) is 13.1. The zero-order valence-electron chi connectivity index (χ0n) is 15.5. The molecule has 27 heavy (non-hydrogen) atoms. The van der Waals surface area contributed by atoms with Crippen molar-refractivity contribution < 1.29 is 4.39 Å². The Bertz CT molecular complexity index is 760. The SMILES string of the molecule is CN=C(NCc1ccc(Br)cc1F)NC1CCN(Cc2ccccn2)CC1. The molecule has 0 radical (unpaired) electrons. The molecule has 0 spiro atoms. The molecule has 2 N–H and O–H groups in total. The zero-order valence-corrected chi connectivity index (χ0v) is 17.0. The molecule has 144 valence electrons. The molecule has 1 aromatic heterocycles. The number of benzene rings is 1. The Morgan fingerprint density at radius 3 is 2.78 bits per heavy atom. The van der Waals surface area contributed by atoms with Crippen LogP contribution < -0.4 is 10.6 Å². The number of halogens is 2. The first kappa shape index (κ1) is 19.8. The Kier molecular flexibility index (Phi) is 7.18. The molecule has 1 aliphatic heterocycles. The lowest BCUT2D eigenvalue weighted by molar-refractivity contribution is 0.196. The van der Waals surface area contributed by atoms with Gasteiger partial charge >= 0.3 is 0 Å². The van der Waals surface area contributed by atoms with Crippen LogP contribution in [0.15, 0.2) is 52.1 Å². The lowest BCUT2D eigenvalue weighted by Crippen LogP contribution is -2.48. The van der Waals surface area contributed by atoms with Crippen LogP contribution in [0, 0.1) is 5.82 Å². The van der Waals surface area contributed by atoms with E-state index in [1.165, 1.54) is 6.07 Å². The van der Waals surface area contributed by atoms with Crippen molar-refractivity contribution in [3.05, 3.63) is 64.1 Å². The third-order valence-electron chi connectivity index (χ3n) is 4.73. The number of hydrogen-bond acceptors (Lipinski definition) is 3. The number of aromatic nitrogens is 1. The molecular weight excluding hydrogens is 409 g/mol. The average Bonchev–Trinajstić information content (AvgIpc) is 2.68. The summed E-state index contributed by atoms with van der Waals surface area (Å²) >= 11 is 3.28. The van der Waals surface area contributed by atoms with E-state index in [0.29, 0.717) is 24.1 Å². The van der Waals surface area contributed by atoms with E-state index in [4.69, 9.17) is 0 Å². The number of nitrogens with one attached hydrogen (secondary N) is 2. The fourth-order valence-electron chi connectivity index (χ4n) is 3.19. The normalized spacial score (nSPS) is 16.3. The van der Waals surface area contributed by atoms with Crippen LogP contribution in [-0.2, 0) is 13.1 Å². The molecule has 1 aliphatic rings. The van der Waals surface area contributed by atoms with Crippen molar-refractivity contribution in [3.8, 4) is 0 Å². The highest BCUT2D eigenvalue weighted by molar-refractivity contribution is 9.10. The van der Waals surface area contributed by atoms with Gasteiger partial charge in [0.25, 0.3) is 0 Å². The second-order valence-electron chi connectivity index (χ2n) is 6.68. The second kappa shape index (κ2) is 9.80. The van der Waals surface area contributed by atoms with Gasteiger partial charge in [-0.1, -0.05) is 28.1 Å². The van der Waals surface area contributed by atoms with Crippen LogP contribution in [-0.4, -0.2) is 42.0 Å². The minimum absolute atomic E-state index is 0.227. The molecule has 0 aliphatic carbocycles. The van der Waals surface area contributed by atoms with Crippen LogP contribution in [0.2, 0.25) is 0 Å².